The fourth-order valence-corrected chi connectivity index (χ4v) is 4.54. The third-order valence-electron chi connectivity index (χ3n) is 4.07. The normalized spacial score (nSPS) is 16.8. The zero-order chi connectivity index (χ0) is 16.4. The third-order valence-corrected chi connectivity index (χ3v) is 5.70. The number of halogens is 1. The number of esters is 1. The molecule has 1 aliphatic carbocycles. The van der Waals surface area contributed by atoms with Crippen molar-refractivity contribution in [1.82, 2.24) is 4.72 Å². The number of sulfonamides is 1. The summed E-state index contributed by atoms with van der Waals surface area (Å²) in [5.74, 6) is -0.587. The summed E-state index contributed by atoms with van der Waals surface area (Å²) in [5, 5.41) is 0. The molecule has 3 N–H and O–H groups in total. The van der Waals surface area contributed by atoms with Gasteiger partial charge in [-0.2, -0.15) is 0 Å². The van der Waals surface area contributed by atoms with Gasteiger partial charge in [0.25, 0.3) is 0 Å². The van der Waals surface area contributed by atoms with Gasteiger partial charge in [-0.3, -0.25) is 0 Å². The summed E-state index contributed by atoms with van der Waals surface area (Å²) >= 11 is 0. The Balaban J connectivity index is 0.00000264. The van der Waals surface area contributed by atoms with Crippen molar-refractivity contribution in [1.29, 1.82) is 0 Å². The van der Waals surface area contributed by atoms with E-state index in [9.17, 15) is 13.2 Å². The fraction of sp³-hybridized carbons (Fsp3) is 0.643. The summed E-state index contributed by atoms with van der Waals surface area (Å²) in [6.07, 6.45) is 3.67. The summed E-state index contributed by atoms with van der Waals surface area (Å²) in [4.78, 5) is 11.5. The average Bonchev–Trinajstić information content (AvgIpc) is 3.13. The first-order valence-electron chi connectivity index (χ1n) is 7.32. The minimum absolute atomic E-state index is 0. The van der Waals surface area contributed by atoms with E-state index in [2.05, 4.69) is 9.46 Å². The molecule has 1 aromatic heterocycles. The Kier molecular flexibility index (Phi) is 6.64. The van der Waals surface area contributed by atoms with Crippen molar-refractivity contribution in [3.05, 3.63) is 17.6 Å². The second kappa shape index (κ2) is 7.65. The molecule has 0 bridgehead atoms. The number of carbonyl (C=O) groups excluding carboxylic acids is 1. The van der Waals surface area contributed by atoms with E-state index in [4.69, 9.17) is 10.2 Å². The van der Waals surface area contributed by atoms with Crippen LogP contribution in [0.25, 0.3) is 0 Å². The Hall–Kier alpha value is -1.09. The molecule has 2 rings (SSSR count). The predicted molar refractivity (Wildman–Crippen MR) is 87.2 cm³/mol. The van der Waals surface area contributed by atoms with Gasteiger partial charge >= 0.3 is 5.97 Å². The van der Waals surface area contributed by atoms with E-state index in [1.165, 1.54) is 13.2 Å². The van der Waals surface area contributed by atoms with Crippen LogP contribution in [0.5, 0.6) is 0 Å². The van der Waals surface area contributed by atoms with E-state index < -0.39 is 21.5 Å². The van der Waals surface area contributed by atoms with E-state index >= 15 is 0 Å². The third kappa shape index (κ3) is 4.06. The Morgan fingerprint density at radius 3 is 2.52 bits per heavy atom. The molecule has 1 heterocycles. The smallest absolute Gasteiger partial charge is 0.373 e. The highest BCUT2D eigenvalue weighted by Crippen LogP contribution is 2.31. The lowest BCUT2D eigenvalue weighted by molar-refractivity contribution is 0.0563. The lowest BCUT2D eigenvalue weighted by Crippen LogP contribution is -2.51. The van der Waals surface area contributed by atoms with E-state index in [0.29, 0.717) is 19.3 Å². The topological polar surface area (TPSA) is 112 Å². The Bertz CT molecular complexity index is 650. The molecule has 0 aromatic carbocycles. The molecule has 0 saturated heterocycles. The number of nitrogens with one attached hydrogen (secondary N) is 1. The number of aryl methyl sites for hydroxylation is 1. The fourth-order valence-electron chi connectivity index (χ4n) is 2.83. The summed E-state index contributed by atoms with van der Waals surface area (Å²) < 4.78 is 37.9. The highest BCUT2D eigenvalue weighted by Gasteiger charge is 2.38. The van der Waals surface area contributed by atoms with Crippen LogP contribution in [0.3, 0.4) is 0 Å². The first-order valence-corrected chi connectivity index (χ1v) is 8.81. The Labute approximate surface area is 142 Å². The quantitative estimate of drug-likeness (QED) is 0.739. The van der Waals surface area contributed by atoms with Gasteiger partial charge in [0.1, 0.15) is 10.7 Å². The molecular formula is C14H23ClN2O5S. The highest BCUT2D eigenvalue weighted by molar-refractivity contribution is 7.89. The maximum atomic E-state index is 12.7. The lowest BCUT2D eigenvalue weighted by Gasteiger charge is -2.28. The monoisotopic (exact) mass is 366 g/mol. The summed E-state index contributed by atoms with van der Waals surface area (Å²) in [6, 6.07) is 1.21. The van der Waals surface area contributed by atoms with Crippen LogP contribution in [0.2, 0.25) is 0 Å². The molecule has 7 nitrogen and oxygen atoms in total. The zero-order valence-electron chi connectivity index (χ0n) is 13.3. The number of furan rings is 1. The van der Waals surface area contributed by atoms with Crippen LogP contribution in [0.1, 0.15) is 48.9 Å². The van der Waals surface area contributed by atoms with Gasteiger partial charge in [0, 0.05) is 24.6 Å². The van der Waals surface area contributed by atoms with Crippen molar-refractivity contribution in [3.8, 4) is 0 Å². The molecule has 0 amide bonds. The largest absolute Gasteiger partial charge is 0.463 e. The average molecular weight is 367 g/mol. The van der Waals surface area contributed by atoms with Crippen molar-refractivity contribution >= 4 is 28.4 Å². The van der Waals surface area contributed by atoms with Crippen LogP contribution in [-0.4, -0.2) is 33.6 Å². The zero-order valence-corrected chi connectivity index (χ0v) is 14.9. The molecule has 0 spiro atoms. The van der Waals surface area contributed by atoms with E-state index in [1.54, 1.807) is 6.92 Å². The first-order chi connectivity index (χ1) is 10.4. The van der Waals surface area contributed by atoms with Crippen molar-refractivity contribution in [2.24, 2.45) is 5.73 Å². The van der Waals surface area contributed by atoms with Crippen LogP contribution >= 0.6 is 12.4 Å². The summed E-state index contributed by atoms with van der Waals surface area (Å²) in [6.45, 7) is 2.00. The van der Waals surface area contributed by atoms with Gasteiger partial charge in [0.05, 0.1) is 7.11 Å². The number of hydrogen-bond donors (Lipinski definition) is 2. The van der Waals surface area contributed by atoms with E-state index in [0.717, 1.165) is 12.8 Å². The van der Waals surface area contributed by atoms with Crippen molar-refractivity contribution in [3.63, 3.8) is 0 Å². The lowest BCUT2D eigenvalue weighted by atomic mass is 10.0. The first kappa shape index (κ1) is 20.0. The van der Waals surface area contributed by atoms with Gasteiger partial charge in [-0.15, -0.1) is 12.4 Å². The Morgan fingerprint density at radius 1 is 1.43 bits per heavy atom. The molecule has 1 aromatic rings. The van der Waals surface area contributed by atoms with Crippen molar-refractivity contribution < 1.29 is 22.4 Å². The summed E-state index contributed by atoms with van der Waals surface area (Å²) in [5.41, 5.74) is 5.17. The second-order valence-corrected chi connectivity index (χ2v) is 7.19. The van der Waals surface area contributed by atoms with E-state index in [1.807, 2.05) is 0 Å². The Morgan fingerprint density at radius 2 is 2.04 bits per heavy atom. The molecule has 0 unspecified atom stereocenters. The SMILES string of the molecule is CCc1oc(C(=O)OC)cc1S(=O)(=O)NC1(CN)CCCC1.Cl. The van der Waals surface area contributed by atoms with Crippen LogP contribution in [0.15, 0.2) is 15.4 Å². The molecule has 23 heavy (non-hydrogen) atoms. The maximum absolute atomic E-state index is 12.7. The molecular weight excluding hydrogens is 344 g/mol. The van der Waals surface area contributed by atoms with Gasteiger partial charge in [-0.25, -0.2) is 17.9 Å². The standard InChI is InChI=1S/C14H22N2O5S.ClH/c1-3-10-12(8-11(21-10)13(17)20-2)22(18,19)16-14(9-15)6-4-5-7-14;/h8,16H,3-7,9,15H2,1-2H3;1H. The number of rotatable bonds is 6. The molecule has 1 saturated carbocycles. The number of hydrogen-bond acceptors (Lipinski definition) is 6. The van der Waals surface area contributed by atoms with Gasteiger partial charge in [0.15, 0.2) is 0 Å². The van der Waals surface area contributed by atoms with Crippen molar-refractivity contribution in [2.45, 2.75) is 49.5 Å². The van der Waals surface area contributed by atoms with Gasteiger partial charge in [-0.05, 0) is 12.8 Å². The van der Waals surface area contributed by atoms with Crippen LogP contribution < -0.4 is 10.5 Å². The van der Waals surface area contributed by atoms with Crippen LogP contribution in [0, 0.1) is 0 Å². The molecule has 1 fully saturated rings. The van der Waals surface area contributed by atoms with Gasteiger partial charge in [0.2, 0.25) is 15.8 Å². The molecule has 0 radical (unpaired) electrons. The number of nitrogens with two attached hydrogens (primary N) is 1. The molecule has 9 heteroatoms. The van der Waals surface area contributed by atoms with Gasteiger partial charge in [-0.1, -0.05) is 19.8 Å². The predicted octanol–water partition coefficient (Wildman–Crippen LogP) is 1.60. The molecule has 0 aliphatic heterocycles. The second-order valence-electron chi connectivity index (χ2n) is 5.54. The van der Waals surface area contributed by atoms with Crippen LogP contribution in [0.4, 0.5) is 0 Å². The molecule has 0 atom stereocenters. The van der Waals surface area contributed by atoms with E-state index in [-0.39, 0.29) is 35.4 Å². The highest BCUT2D eigenvalue weighted by atomic mass is 35.5. The number of ether oxygens (including phenoxy) is 1. The maximum Gasteiger partial charge on any atom is 0.373 e. The number of carbonyl (C=O) groups is 1. The summed E-state index contributed by atoms with van der Waals surface area (Å²) in [7, 11) is -2.60. The molecule has 1 aliphatic rings. The number of methoxy groups -OCH3 is 1. The van der Waals surface area contributed by atoms with Gasteiger partial charge < -0.3 is 14.9 Å². The van der Waals surface area contributed by atoms with Crippen molar-refractivity contribution in [2.75, 3.05) is 13.7 Å². The minimum Gasteiger partial charge on any atom is -0.463 e. The molecule has 132 valence electrons. The minimum atomic E-state index is -3.81. The van der Waals surface area contributed by atoms with Crippen LogP contribution in [-0.2, 0) is 21.2 Å².